The summed E-state index contributed by atoms with van der Waals surface area (Å²) in [4.78, 5) is 15.5. The number of anilines is 1. The van der Waals surface area contributed by atoms with Crippen LogP contribution < -0.4 is 10.6 Å². The van der Waals surface area contributed by atoms with Crippen molar-refractivity contribution in [2.24, 2.45) is 0 Å². The van der Waals surface area contributed by atoms with Gasteiger partial charge < -0.3 is 10.6 Å². The molecule has 1 amide bonds. The molecule has 106 valence electrons. The monoisotopic (exact) mass is 263 g/mol. The minimum Gasteiger partial charge on any atom is -0.382 e. The van der Waals surface area contributed by atoms with E-state index in [0.717, 1.165) is 12.1 Å². The molecule has 0 fully saturated rings. The Morgan fingerprint density at radius 1 is 1.37 bits per heavy atom. The summed E-state index contributed by atoms with van der Waals surface area (Å²) in [5.74, 6) is -0.153. The van der Waals surface area contributed by atoms with Crippen LogP contribution >= 0.6 is 0 Å². The molecular weight excluding hydrogens is 238 g/mol. The van der Waals surface area contributed by atoms with E-state index in [1.54, 1.807) is 19.3 Å². The lowest BCUT2D eigenvalue weighted by Crippen LogP contribution is -2.20. The fraction of sp³-hybridized carbons (Fsp3) is 0.600. The minimum atomic E-state index is -0.153. The molecule has 1 aromatic heterocycles. The Morgan fingerprint density at radius 3 is 2.84 bits per heavy atom. The van der Waals surface area contributed by atoms with Crippen LogP contribution in [-0.2, 0) is 0 Å². The van der Waals surface area contributed by atoms with Gasteiger partial charge in [-0.25, -0.2) is 0 Å². The molecule has 1 aromatic rings. The molecule has 2 N–H and O–H groups in total. The summed E-state index contributed by atoms with van der Waals surface area (Å²) >= 11 is 0. The fourth-order valence-electron chi connectivity index (χ4n) is 2.01. The van der Waals surface area contributed by atoms with Crippen LogP contribution in [0.25, 0.3) is 0 Å². The first-order chi connectivity index (χ1) is 9.17. The molecule has 0 aliphatic carbocycles. The van der Waals surface area contributed by atoms with Crippen molar-refractivity contribution in [2.45, 2.75) is 52.0 Å². The summed E-state index contributed by atoms with van der Waals surface area (Å²) in [6, 6.07) is 4.10. The average Bonchev–Trinajstić information content (AvgIpc) is 2.43. The van der Waals surface area contributed by atoms with Gasteiger partial charge in [0, 0.05) is 25.0 Å². The van der Waals surface area contributed by atoms with E-state index in [2.05, 4.69) is 29.5 Å². The maximum absolute atomic E-state index is 11.5. The van der Waals surface area contributed by atoms with Gasteiger partial charge in [0.15, 0.2) is 0 Å². The van der Waals surface area contributed by atoms with Crippen molar-refractivity contribution in [3.8, 4) is 0 Å². The number of aromatic nitrogens is 1. The van der Waals surface area contributed by atoms with Gasteiger partial charge in [0.25, 0.3) is 5.91 Å². The highest BCUT2D eigenvalue weighted by Crippen LogP contribution is 2.13. The average molecular weight is 263 g/mol. The van der Waals surface area contributed by atoms with Crippen LogP contribution in [0.2, 0.25) is 0 Å². The maximum Gasteiger partial charge on any atom is 0.269 e. The van der Waals surface area contributed by atoms with Gasteiger partial charge in [0.2, 0.25) is 0 Å². The van der Waals surface area contributed by atoms with Crippen LogP contribution in [0, 0.1) is 0 Å². The number of amides is 1. The van der Waals surface area contributed by atoms with Crippen molar-refractivity contribution >= 4 is 11.6 Å². The molecule has 0 aromatic carbocycles. The van der Waals surface area contributed by atoms with Gasteiger partial charge >= 0.3 is 0 Å². The number of pyridine rings is 1. The number of carbonyl (C=O) groups excluding carboxylic acids is 1. The Morgan fingerprint density at radius 2 is 2.16 bits per heavy atom. The van der Waals surface area contributed by atoms with Crippen molar-refractivity contribution in [3.63, 3.8) is 0 Å². The molecule has 4 nitrogen and oxygen atoms in total. The second-order valence-electron chi connectivity index (χ2n) is 4.90. The lowest BCUT2D eigenvalue weighted by Gasteiger charge is -2.15. The zero-order chi connectivity index (χ0) is 14.1. The first-order valence-electron chi connectivity index (χ1n) is 7.12. The number of hydrogen-bond donors (Lipinski definition) is 2. The van der Waals surface area contributed by atoms with Crippen molar-refractivity contribution in [1.29, 1.82) is 0 Å². The predicted molar refractivity (Wildman–Crippen MR) is 79.5 cm³/mol. The molecule has 0 aliphatic heterocycles. The summed E-state index contributed by atoms with van der Waals surface area (Å²) in [6.45, 7) is 4.39. The Kier molecular flexibility index (Phi) is 6.93. The molecule has 0 saturated carbocycles. The summed E-state index contributed by atoms with van der Waals surface area (Å²) in [5, 5.41) is 6.00. The second-order valence-corrected chi connectivity index (χ2v) is 4.90. The second kappa shape index (κ2) is 8.51. The number of rotatable bonds is 8. The van der Waals surface area contributed by atoms with Crippen LogP contribution in [0.5, 0.6) is 0 Å². The van der Waals surface area contributed by atoms with Crippen molar-refractivity contribution in [2.75, 3.05) is 12.4 Å². The summed E-state index contributed by atoms with van der Waals surface area (Å²) in [6.07, 6.45) is 7.93. The summed E-state index contributed by atoms with van der Waals surface area (Å²) < 4.78 is 0. The lowest BCUT2D eigenvalue weighted by molar-refractivity contribution is 0.0958. The van der Waals surface area contributed by atoms with Crippen molar-refractivity contribution < 1.29 is 4.79 Å². The third kappa shape index (κ3) is 5.73. The number of hydrogen-bond acceptors (Lipinski definition) is 3. The Balaban J connectivity index is 2.45. The van der Waals surface area contributed by atoms with Crippen molar-refractivity contribution in [1.82, 2.24) is 10.3 Å². The molecule has 1 rings (SSSR count). The van der Waals surface area contributed by atoms with E-state index < -0.39 is 0 Å². The molecule has 0 aliphatic rings. The first-order valence-corrected chi connectivity index (χ1v) is 7.12. The fourth-order valence-corrected chi connectivity index (χ4v) is 2.01. The Labute approximate surface area is 116 Å². The van der Waals surface area contributed by atoms with E-state index in [1.165, 1.54) is 25.7 Å². The maximum atomic E-state index is 11.5. The number of carbonyl (C=O) groups is 1. The normalized spacial score (nSPS) is 11.9. The molecule has 4 heteroatoms. The van der Waals surface area contributed by atoms with Gasteiger partial charge in [-0.1, -0.05) is 32.6 Å². The van der Waals surface area contributed by atoms with E-state index in [1.807, 2.05) is 6.07 Å². The van der Waals surface area contributed by atoms with E-state index in [4.69, 9.17) is 0 Å². The van der Waals surface area contributed by atoms with Crippen LogP contribution in [0.3, 0.4) is 0 Å². The van der Waals surface area contributed by atoms with Gasteiger partial charge in [-0.3, -0.25) is 9.78 Å². The van der Waals surface area contributed by atoms with Crippen LogP contribution in [-0.4, -0.2) is 24.0 Å². The van der Waals surface area contributed by atoms with Crippen LogP contribution in [0.1, 0.15) is 56.4 Å². The largest absolute Gasteiger partial charge is 0.382 e. The third-order valence-corrected chi connectivity index (χ3v) is 3.12. The Hall–Kier alpha value is -1.58. The SMILES string of the molecule is CCCCCCC(C)Nc1ccnc(C(=O)NC)c1. The predicted octanol–water partition coefficient (Wildman–Crippen LogP) is 3.21. The number of unbranched alkanes of at least 4 members (excludes halogenated alkanes) is 3. The lowest BCUT2D eigenvalue weighted by atomic mass is 10.1. The van der Waals surface area contributed by atoms with E-state index >= 15 is 0 Å². The van der Waals surface area contributed by atoms with E-state index in [9.17, 15) is 4.79 Å². The van der Waals surface area contributed by atoms with Gasteiger partial charge in [-0.15, -0.1) is 0 Å². The topological polar surface area (TPSA) is 54.0 Å². The Bertz CT molecular complexity index is 393. The van der Waals surface area contributed by atoms with Crippen LogP contribution in [0.15, 0.2) is 18.3 Å². The van der Waals surface area contributed by atoms with Crippen LogP contribution in [0.4, 0.5) is 5.69 Å². The van der Waals surface area contributed by atoms with Gasteiger partial charge in [-0.05, 0) is 25.5 Å². The molecule has 1 heterocycles. The summed E-state index contributed by atoms with van der Waals surface area (Å²) in [7, 11) is 1.61. The van der Waals surface area contributed by atoms with E-state index in [0.29, 0.717) is 11.7 Å². The first kappa shape index (κ1) is 15.5. The quantitative estimate of drug-likeness (QED) is 0.708. The summed E-state index contributed by atoms with van der Waals surface area (Å²) in [5.41, 5.74) is 1.40. The number of nitrogens with one attached hydrogen (secondary N) is 2. The smallest absolute Gasteiger partial charge is 0.269 e. The third-order valence-electron chi connectivity index (χ3n) is 3.12. The standard InChI is InChI=1S/C15H25N3O/c1-4-5-6-7-8-12(2)18-13-9-10-17-14(11-13)15(19)16-3/h9-12H,4-8H2,1-3H3,(H,16,19)(H,17,18). The molecule has 0 bridgehead atoms. The highest BCUT2D eigenvalue weighted by atomic mass is 16.1. The highest BCUT2D eigenvalue weighted by Gasteiger charge is 2.07. The zero-order valence-electron chi connectivity index (χ0n) is 12.2. The molecule has 1 unspecified atom stereocenters. The zero-order valence-corrected chi connectivity index (χ0v) is 12.2. The molecule has 1 atom stereocenters. The van der Waals surface area contributed by atoms with Gasteiger partial charge in [0.1, 0.15) is 5.69 Å². The minimum absolute atomic E-state index is 0.153. The van der Waals surface area contributed by atoms with Crippen molar-refractivity contribution in [3.05, 3.63) is 24.0 Å². The molecule has 0 spiro atoms. The van der Waals surface area contributed by atoms with Gasteiger partial charge in [-0.2, -0.15) is 0 Å². The number of nitrogens with zero attached hydrogens (tertiary/aromatic N) is 1. The molecule has 19 heavy (non-hydrogen) atoms. The highest BCUT2D eigenvalue weighted by molar-refractivity contribution is 5.92. The molecular formula is C15H25N3O. The van der Waals surface area contributed by atoms with E-state index in [-0.39, 0.29) is 5.91 Å². The molecule has 0 saturated heterocycles. The molecule has 0 radical (unpaired) electrons. The van der Waals surface area contributed by atoms with Gasteiger partial charge in [0.05, 0.1) is 0 Å².